The minimum Gasteiger partial charge on any atom is -0.496 e. The third-order valence-electron chi connectivity index (χ3n) is 7.58. The topological polar surface area (TPSA) is 137 Å². The highest BCUT2D eigenvalue weighted by Gasteiger charge is 2.32. The van der Waals surface area contributed by atoms with Gasteiger partial charge in [-0.25, -0.2) is 4.39 Å². The standard InChI is InChI=1S/C32H36FN5O5/c1-18-21(20-14-26(33)24(28(15-20)43-5)16-35-13-12-29(34)39)8-6-9-22(18)23-10-7-11-27(19(23)2)36-30(40)25-17-37(3)32(42)38(4)31(25)41/h6-11,14-15,17,32,35,42H,12-13,16H2,1-5H3,(H2,34,39)(H,36,40). The van der Waals surface area contributed by atoms with Gasteiger partial charge < -0.3 is 31.1 Å². The van der Waals surface area contributed by atoms with E-state index >= 15 is 4.39 Å². The lowest BCUT2D eigenvalue weighted by molar-refractivity contribution is -0.149. The normalized spacial score (nSPS) is 14.9. The van der Waals surface area contributed by atoms with Crippen molar-refractivity contribution in [3.8, 4) is 28.0 Å². The summed E-state index contributed by atoms with van der Waals surface area (Å²) in [7, 11) is 4.47. The van der Waals surface area contributed by atoms with Gasteiger partial charge >= 0.3 is 0 Å². The largest absolute Gasteiger partial charge is 0.496 e. The van der Waals surface area contributed by atoms with Gasteiger partial charge in [-0.3, -0.25) is 19.3 Å². The number of likely N-dealkylation sites (N-methyl/N-ethyl adjacent to an activating group) is 1. The summed E-state index contributed by atoms with van der Waals surface area (Å²) < 4.78 is 20.8. The number of hydrogen-bond donors (Lipinski definition) is 4. The average Bonchev–Trinajstić information content (AvgIpc) is 2.97. The number of carbonyl (C=O) groups is 3. The van der Waals surface area contributed by atoms with Crippen LogP contribution >= 0.6 is 0 Å². The second kappa shape index (κ2) is 13.1. The maximum absolute atomic E-state index is 15.3. The Bertz CT molecular complexity index is 1610. The van der Waals surface area contributed by atoms with Crippen LogP contribution in [0.5, 0.6) is 5.75 Å². The lowest BCUT2D eigenvalue weighted by atomic mass is 9.90. The quantitative estimate of drug-likeness (QED) is 0.211. The molecule has 43 heavy (non-hydrogen) atoms. The molecule has 3 aromatic carbocycles. The summed E-state index contributed by atoms with van der Waals surface area (Å²) in [6.45, 7) is 4.32. The van der Waals surface area contributed by atoms with Crippen molar-refractivity contribution >= 4 is 23.4 Å². The molecule has 0 radical (unpaired) electrons. The van der Waals surface area contributed by atoms with Crippen LogP contribution in [-0.2, 0) is 20.9 Å². The molecule has 0 saturated heterocycles. The molecule has 5 N–H and O–H groups in total. The van der Waals surface area contributed by atoms with Crippen LogP contribution in [0.3, 0.4) is 0 Å². The molecule has 1 aliphatic rings. The fourth-order valence-electron chi connectivity index (χ4n) is 5.09. The molecule has 10 nitrogen and oxygen atoms in total. The van der Waals surface area contributed by atoms with E-state index in [4.69, 9.17) is 10.5 Å². The van der Waals surface area contributed by atoms with E-state index in [0.717, 1.165) is 32.7 Å². The molecule has 0 aromatic heterocycles. The zero-order valence-corrected chi connectivity index (χ0v) is 24.8. The number of rotatable bonds is 10. The Kier molecular flexibility index (Phi) is 9.47. The highest BCUT2D eigenvalue weighted by Crippen LogP contribution is 2.37. The maximum atomic E-state index is 15.3. The number of aliphatic hydroxyl groups is 1. The van der Waals surface area contributed by atoms with E-state index < -0.39 is 29.9 Å². The van der Waals surface area contributed by atoms with E-state index in [1.807, 2.05) is 44.2 Å². The first-order valence-corrected chi connectivity index (χ1v) is 13.7. The van der Waals surface area contributed by atoms with Gasteiger partial charge in [-0.2, -0.15) is 0 Å². The fourth-order valence-corrected chi connectivity index (χ4v) is 5.09. The Balaban J connectivity index is 1.64. The van der Waals surface area contributed by atoms with Gasteiger partial charge in [0.15, 0.2) is 0 Å². The van der Waals surface area contributed by atoms with Crippen molar-refractivity contribution in [2.45, 2.75) is 33.2 Å². The summed E-state index contributed by atoms with van der Waals surface area (Å²) in [5.41, 5.74) is 10.8. The fraction of sp³-hybridized carbons (Fsp3) is 0.281. The van der Waals surface area contributed by atoms with Crippen LogP contribution in [0, 0.1) is 19.7 Å². The number of nitrogens with one attached hydrogen (secondary N) is 2. The van der Waals surface area contributed by atoms with Gasteiger partial charge in [0, 0.05) is 51.1 Å². The molecule has 0 aliphatic carbocycles. The highest BCUT2D eigenvalue weighted by atomic mass is 19.1. The van der Waals surface area contributed by atoms with Crippen molar-refractivity contribution in [3.05, 3.63) is 82.8 Å². The third-order valence-corrected chi connectivity index (χ3v) is 7.58. The molecule has 1 unspecified atom stereocenters. The number of anilines is 1. The summed E-state index contributed by atoms with van der Waals surface area (Å²) in [6, 6.07) is 14.5. The van der Waals surface area contributed by atoms with E-state index in [2.05, 4.69) is 10.6 Å². The molecule has 1 atom stereocenters. The first-order valence-electron chi connectivity index (χ1n) is 13.7. The number of methoxy groups -OCH3 is 1. The summed E-state index contributed by atoms with van der Waals surface area (Å²) in [4.78, 5) is 39.2. The summed E-state index contributed by atoms with van der Waals surface area (Å²) in [6.07, 6.45) is 0.317. The summed E-state index contributed by atoms with van der Waals surface area (Å²) >= 11 is 0. The molecule has 3 aromatic rings. The Morgan fingerprint density at radius 3 is 2.37 bits per heavy atom. The average molecular weight is 590 g/mol. The van der Waals surface area contributed by atoms with Crippen LogP contribution in [0.2, 0.25) is 0 Å². The Hall–Kier alpha value is -4.74. The van der Waals surface area contributed by atoms with Crippen molar-refractivity contribution in [3.63, 3.8) is 0 Å². The molecule has 0 spiro atoms. The maximum Gasteiger partial charge on any atom is 0.264 e. The number of carbonyl (C=O) groups excluding carboxylic acids is 3. The van der Waals surface area contributed by atoms with Crippen LogP contribution in [-0.4, -0.2) is 66.7 Å². The van der Waals surface area contributed by atoms with Gasteiger partial charge in [-0.1, -0.05) is 30.3 Å². The lowest BCUT2D eigenvalue weighted by Crippen LogP contribution is -2.51. The van der Waals surface area contributed by atoms with Gasteiger partial charge in [0.2, 0.25) is 12.3 Å². The molecular weight excluding hydrogens is 553 g/mol. The molecular formula is C32H36FN5O5. The van der Waals surface area contributed by atoms with Crippen molar-refractivity contribution in [1.82, 2.24) is 15.1 Å². The molecule has 0 fully saturated rings. The molecule has 0 bridgehead atoms. The number of primary amides is 1. The summed E-state index contributed by atoms with van der Waals surface area (Å²) in [5, 5.41) is 15.9. The van der Waals surface area contributed by atoms with Crippen molar-refractivity contribution in [2.24, 2.45) is 5.73 Å². The number of amides is 3. The number of halogens is 1. The predicted octanol–water partition coefficient (Wildman–Crippen LogP) is 3.25. The van der Waals surface area contributed by atoms with Crippen LogP contribution in [0.15, 0.2) is 60.3 Å². The number of nitrogens with zero attached hydrogens (tertiary/aromatic N) is 2. The monoisotopic (exact) mass is 589 g/mol. The van der Waals surface area contributed by atoms with Crippen LogP contribution in [0.25, 0.3) is 22.3 Å². The Morgan fingerprint density at radius 1 is 1.05 bits per heavy atom. The number of aliphatic hydroxyl groups excluding tert-OH is 1. The second-order valence-corrected chi connectivity index (χ2v) is 10.4. The molecule has 0 saturated carbocycles. The smallest absolute Gasteiger partial charge is 0.264 e. The molecule has 1 heterocycles. The van der Waals surface area contributed by atoms with Gasteiger partial charge in [0.25, 0.3) is 11.8 Å². The zero-order valence-electron chi connectivity index (χ0n) is 24.8. The van der Waals surface area contributed by atoms with E-state index in [0.29, 0.717) is 29.1 Å². The second-order valence-electron chi connectivity index (χ2n) is 10.4. The van der Waals surface area contributed by atoms with Crippen LogP contribution in [0.1, 0.15) is 23.1 Å². The highest BCUT2D eigenvalue weighted by molar-refractivity contribution is 6.23. The number of benzene rings is 3. The minimum atomic E-state index is -1.15. The number of ether oxygens (including phenoxy) is 1. The van der Waals surface area contributed by atoms with E-state index in [1.165, 1.54) is 31.3 Å². The molecule has 1 aliphatic heterocycles. The lowest BCUT2D eigenvalue weighted by Gasteiger charge is -2.35. The SMILES string of the molecule is COc1cc(-c2cccc(-c3cccc(NC(=O)C4=CN(C)C(O)N(C)C4=O)c3C)c2C)cc(F)c1CNCCC(N)=O. The van der Waals surface area contributed by atoms with Crippen LogP contribution in [0.4, 0.5) is 10.1 Å². The predicted molar refractivity (Wildman–Crippen MR) is 162 cm³/mol. The molecule has 3 amide bonds. The van der Waals surface area contributed by atoms with Crippen molar-refractivity contribution < 1.29 is 28.6 Å². The van der Waals surface area contributed by atoms with E-state index in [-0.39, 0.29) is 18.5 Å². The number of nitrogens with two attached hydrogens (primary N) is 1. The zero-order chi connectivity index (χ0) is 31.4. The summed E-state index contributed by atoms with van der Waals surface area (Å²) in [5.74, 6) is -1.68. The van der Waals surface area contributed by atoms with Crippen molar-refractivity contribution in [1.29, 1.82) is 0 Å². The van der Waals surface area contributed by atoms with E-state index in [1.54, 1.807) is 19.2 Å². The number of hydrogen-bond acceptors (Lipinski definition) is 7. The third kappa shape index (κ3) is 6.52. The molecule has 226 valence electrons. The van der Waals surface area contributed by atoms with Gasteiger partial charge in [0.05, 0.1) is 7.11 Å². The first-order chi connectivity index (χ1) is 20.4. The molecule has 11 heteroatoms. The Labute approximate surface area is 249 Å². The van der Waals surface area contributed by atoms with Gasteiger partial charge in [0.1, 0.15) is 17.1 Å². The first kappa shape index (κ1) is 31.2. The van der Waals surface area contributed by atoms with Crippen LogP contribution < -0.4 is 21.1 Å². The van der Waals surface area contributed by atoms with Crippen molar-refractivity contribution in [2.75, 3.05) is 33.1 Å². The van der Waals surface area contributed by atoms with Gasteiger partial charge in [-0.15, -0.1) is 0 Å². The van der Waals surface area contributed by atoms with Gasteiger partial charge in [-0.05, 0) is 65.4 Å². The van der Waals surface area contributed by atoms with E-state index in [9.17, 15) is 19.5 Å². The Morgan fingerprint density at radius 2 is 1.70 bits per heavy atom. The molecule has 4 rings (SSSR count). The minimum absolute atomic E-state index is 0.0965.